The number of rotatable bonds is 8. The Balaban J connectivity index is 0.000000276. The van der Waals surface area contributed by atoms with Crippen molar-refractivity contribution < 1.29 is 9.59 Å². The van der Waals surface area contributed by atoms with Crippen LogP contribution in [0.3, 0.4) is 0 Å². The first-order valence-corrected chi connectivity index (χ1v) is 27.5. The number of benzene rings is 11. The lowest BCUT2D eigenvalue weighted by molar-refractivity contribution is 0.0825. The first kappa shape index (κ1) is 45.3. The lowest BCUT2D eigenvalue weighted by atomic mass is 9.94. The van der Waals surface area contributed by atoms with Crippen LogP contribution in [0.2, 0.25) is 0 Å². The number of hydrogen-bond acceptors (Lipinski definition) is 7. The molecule has 0 aliphatic heterocycles. The highest BCUT2D eigenvalue weighted by Crippen LogP contribution is 2.52. The number of hydrogen-bond donors (Lipinski definition) is 0. The van der Waals surface area contributed by atoms with Crippen LogP contribution in [0.25, 0.3) is 88.4 Å². The van der Waals surface area contributed by atoms with Gasteiger partial charge >= 0.3 is 0 Å². The lowest BCUT2D eigenvalue weighted by Crippen LogP contribution is -2.09. The smallest absolute Gasteiger partial charge is 0.279 e. The minimum atomic E-state index is -0.342. The van der Waals surface area contributed by atoms with Crippen molar-refractivity contribution >= 4 is 101 Å². The number of fused-ring (bicyclic) bond motifs is 5. The van der Waals surface area contributed by atoms with Gasteiger partial charge in [-0.15, -0.1) is 0 Å². The fraction of sp³-hybridized carbons (Fsp3) is 0.0571. The summed E-state index contributed by atoms with van der Waals surface area (Å²) in [4.78, 5) is 39.5. The Morgan fingerprint density at radius 3 is 1.09 bits per heavy atom. The number of anilines is 6. The second-order valence-corrected chi connectivity index (χ2v) is 21.2. The Hall–Kier alpha value is -9.96. The number of aromatic nitrogens is 4. The molecule has 13 aromatic rings. The monoisotopic (exact) mass is 1030 g/mol. The molecule has 0 amide bonds. The maximum Gasteiger partial charge on any atom is 0.279 e. The van der Waals surface area contributed by atoms with E-state index in [4.69, 9.17) is 18.7 Å². The van der Waals surface area contributed by atoms with E-state index < -0.39 is 0 Å². The van der Waals surface area contributed by atoms with Crippen molar-refractivity contribution in [3.05, 3.63) is 252 Å². The van der Waals surface area contributed by atoms with Crippen LogP contribution >= 0.6 is 11.7 Å². The van der Waals surface area contributed by atoms with Gasteiger partial charge in [0.1, 0.15) is 0 Å². The van der Waals surface area contributed by atoms with Crippen LogP contribution < -0.4 is 14.2 Å². The Bertz CT molecular complexity index is 4310. The molecule has 0 N–H and O–H groups in total. The predicted octanol–water partition coefficient (Wildman–Crippen LogP) is 17.0. The average Bonchev–Trinajstić information content (AvgIpc) is 4.56. The third kappa shape index (κ3) is 6.99. The molecule has 9 heteroatoms. The summed E-state index contributed by atoms with van der Waals surface area (Å²) in [6, 6.07) is 76.4. The summed E-state index contributed by atoms with van der Waals surface area (Å²) in [6.07, 6.45) is 4.19. The van der Waals surface area contributed by atoms with E-state index in [0.29, 0.717) is 11.1 Å². The maximum absolute atomic E-state index is 11.8. The number of Topliss-reactive ketones (excluding diaryl/α,β-unsaturated/α-hetero) is 2. The summed E-state index contributed by atoms with van der Waals surface area (Å²) >= 11 is 1.24. The van der Waals surface area contributed by atoms with Gasteiger partial charge in [0.2, 0.25) is 11.6 Å². The molecule has 0 radical (unpaired) electrons. The van der Waals surface area contributed by atoms with Crippen LogP contribution in [0.5, 0.6) is 0 Å². The SMILES string of the molecule is O=C1C(=O)c2ccc3c4c(ccc1c24)CC3.c1ccc(N(c2ccccc2)c2ccc(-c3c4nc5c(nc4c(-c4ccc(N(c6ccccc6)c6ccccc6)cc4)c4[n-][s+]nc34)-c3ccc4c6c(ccc-5c36)CC4)cc2)cc1. The van der Waals surface area contributed by atoms with Crippen molar-refractivity contribution in [1.82, 2.24) is 18.7 Å². The highest BCUT2D eigenvalue weighted by atomic mass is 32.1. The van der Waals surface area contributed by atoms with Crippen LogP contribution in [0.4, 0.5) is 34.1 Å². The topological polar surface area (TPSA) is 93.4 Å². The molecule has 4 aliphatic carbocycles. The van der Waals surface area contributed by atoms with Gasteiger partial charge in [-0.2, -0.15) is 8.75 Å². The van der Waals surface area contributed by atoms with E-state index in [2.05, 4.69) is 204 Å². The average molecular weight is 1030 g/mol. The molecular formula is C70H44N6O2S. The van der Waals surface area contributed by atoms with Crippen LogP contribution in [-0.4, -0.2) is 25.9 Å². The zero-order valence-electron chi connectivity index (χ0n) is 42.5. The number of aryl methyl sites for hydroxylation is 4. The molecule has 8 nitrogen and oxygen atoms in total. The summed E-state index contributed by atoms with van der Waals surface area (Å²) in [6.45, 7) is 0. The number of carbonyl (C=O) groups is 2. The van der Waals surface area contributed by atoms with Gasteiger partial charge in [0.05, 0.1) is 22.4 Å². The molecule has 0 unspecified atom stereocenters. The van der Waals surface area contributed by atoms with E-state index in [1.54, 1.807) is 0 Å². The van der Waals surface area contributed by atoms with E-state index in [1.807, 2.05) is 24.3 Å². The van der Waals surface area contributed by atoms with Gasteiger partial charge in [-0.25, -0.2) is 9.97 Å². The van der Waals surface area contributed by atoms with E-state index in [9.17, 15) is 9.59 Å². The Kier molecular flexibility index (Phi) is 10.2. The lowest BCUT2D eigenvalue weighted by Gasteiger charge is -2.26. The zero-order valence-corrected chi connectivity index (χ0v) is 43.3. The van der Waals surface area contributed by atoms with Gasteiger partial charge in [-0.05, 0) is 155 Å². The number of carbonyl (C=O) groups excluding carboxylic acids is 2. The predicted molar refractivity (Wildman–Crippen MR) is 320 cm³/mol. The third-order valence-corrected chi connectivity index (χ3v) is 16.9. The quantitative estimate of drug-likeness (QED) is 0.110. The van der Waals surface area contributed by atoms with Crippen molar-refractivity contribution in [2.75, 3.05) is 9.80 Å². The first-order valence-electron chi connectivity index (χ1n) is 26.8. The van der Waals surface area contributed by atoms with Crippen molar-refractivity contribution in [2.45, 2.75) is 25.7 Å². The first-order chi connectivity index (χ1) is 39.0. The van der Waals surface area contributed by atoms with Crippen LogP contribution in [0.1, 0.15) is 43.0 Å². The highest BCUT2D eigenvalue weighted by Gasteiger charge is 2.34. The standard InChI is InChI=1S/C56H36N6S.C14H8O2/c1-5-13-39(14-6-1)61(40-15-7-2-8-16-40)43-29-23-37(24-30-43)48-53-54(58-52-46-34-28-36-22-21-35-27-33-45(51(52)57-53)50(46)47(35)36)49(56-55(48)59-63-60-56)38-25-31-44(32-26-38)62(41-17-9-3-10-18-41)42-19-11-4-12-20-42;15-13-9-5-3-7-1-2-8-4-6-10(14(13)16)12(9)11(7)8/h1-20,23-34H,21-22H2;3-6H,1-2H2. The van der Waals surface area contributed by atoms with Gasteiger partial charge in [-0.1, -0.05) is 133 Å². The van der Waals surface area contributed by atoms with E-state index in [0.717, 1.165) is 137 Å². The fourth-order valence-electron chi connectivity index (χ4n) is 12.9. The molecule has 0 saturated heterocycles. The Morgan fingerprint density at radius 1 is 0.342 bits per heavy atom. The zero-order chi connectivity index (χ0) is 52.3. The van der Waals surface area contributed by atoms with E-state index in [1.165, 1.54) is 44.8 Å². The van der Waals surface area contributed by atoms with E-state index >= 15 is 0 Å². The molecule has 0 fully saturated rings. The van der Waals surface area contributed by atoms with Crippen molar-refractivity contribution in [3.63, 3.8) is 0 Å². The van der Waals surface area contributed by atoms with Gasteiger partial charge < -0.3 is 9.80 Å². The van der Waals surface area contributed by atoms with Gasteiger partial charge in [-0.3, -0.25) is 9.59 Å². The number of nitrogens with zero attached hydrogens (tertiary/aromatic N) is 6. The molecular weight excluding hydrogens is 989 g/mol. The summed E-state index contributed by atoms with van der Waals surface area (Å²) in [5.74, 6) is -0.684. The second-order valence-electron chi connectivity index (χ2n) is 20.7. The minimum absolute atomic E-state index is 0.342. The summed E-state index contributed by atoms with van der Waals surface area (Å²) in [7, 11) is 0. The molecule has 11 aromatic carbocycles. The van der Waals surface area contributed by atoms with Crippen molar-refractivity contribution in [3.8, 4) is 44.8 Å². The third-order valence-electron chi connectivity index (χ3n) is 16.4. The Labute approximate surface area is 458 Å². The second kappa shape index (κ2) is 17.8. The molecule has 2 heterocycles. The normalized spacial score (nSPS) is 13.2. The molecule has 2 aromatic heterocycles. The molecule has 4 aliphatic rings. The number of para-hydroxylation sites is 4. The molecule has 372 valence electrons. The van der Waals surface area contributed by atoms with Crippen LogP contribution in [0.15, 0.2) is 218 Å². The number of ketones is 2. The molecule has 0 atom stereocenters. The summed E-state index contributed by atoms with van der Waals surface area (Å²) in [5, 5.41) is 4.73. The largest absolute Gasteiger partial charge is 0.311 e. The van der Waals surface area contributed by atoms with Crippen LogP contribution in [0, 0.1) is 0 Å². The fourth-order valence-corrected chi connectivity index (χ4v) is 13.4. The van der Waals surface area contributed by atoms with Crippen molar-refractivity contribution in [2.24, 2.45) is 0 Å². The molecule has 0 bridgehead atoms. The minimum Gasteiger partial charge on any atom is -0.311 e. The highest BCUT2D eigenvalue weighted by molar-refractivity contribution is 7.00. The molecule has 79 heavy (non-hydrogen) atoms. The Morgan fingerprint density at radius 2 is 0.684 bits per heavy atom. The molecule has 0 saturated carbocycles. The van der Waals surface area contributed by atoms with Crippen LogP contribution in [-0.2, 0) is 25.7 Å². The summed E-state index contributed by atoms with van der Waals surface area (Å²) in [5.41, 5.74) is 24.4. The van der Waals surface area contributed by atoms with Gasteiger partial charge in [0.15, 0.2) is 0 Å². The van der Waals surface area contributed by atoms with E-state index in [-0.39, 0.29) is 11.6 Å². The van der Waals surface area contributed by atoms with Gasteiger partial charge in [0.25, 0.3) is 11.7 Å². The summed E-state index contributed by atoms with van der Waals surface area (Å²) < 4.78 is 10.1. The molecule has 0 spiro atoms. The van der Waals surface area contributed by atoms with Gasteiger partial charge in [0, 0.05) is 89.3 Å². The van der Waals surface area contributed by atoms with Crippen molar-refractivity contribution in [1.29, 1.82) is 0 Å². The maximum atomic E-state index is 11.8. The molecule has 17 rings (SSSR count).